The maximum absolute atomic E-state index is 12.6. The molecular weight excluding hydrogens is 430 g/mol. The van der Waals surface area contributed by atoms with E-state index in [1.54, 1.807) is 24.1 Å². The van der Waals surface area contributed by atoms with Gasteiger partial charge in [-0.1, -0.05) is 13.3 Å². The summed E-state index contributed by atoms with van der Waals surface area (Å²) in [7, 11) is 1.80. The van der Waals surface area contributed by atoms with Gasteiger partial charge in [-0.25, -0.2) is 4.79 Å². The summed E-state index contributed by atoms with van der Waals surface area (Å²) in [5, 5.41) is 2.94. The van der Waals surface area contributed by atoms with Gasteiger partial charge in [0, 0.05) is 38.5 Å². The number of rotatable bonds is 8. The van der Waals surface area contributed by atoms with Gasteiger partial charge in [-0.3, -0.25) is 4.79 Å². The fraction of sp³-hybridized carbons (Fsp3) is 0.481. The minimum Gasteiger partial charge on any atom is -0.494 e. The smallest absolute Gasteiger partial charge is 0.410 e. The Kier molecular flexibility index (Phi) is 8.42. The Labute approximate surface area is 204 Å². The number of nitrogens with zero attached hydrogens (tertiary/aromatic N) is 2. The Morgan fingerprint density at radius 3 is 2.41 bits per heavy atom. The molecule has 0 aliphatic carbocycles. The van der Waals surface area contributed by atoms with Crippen molar-refractivity contribution in [1.29, 1.82) is 0 Å². The van der Waals surface area contributed by atoms with E-state index >= 15 is 0 Å². The maximum atomic E-state index is 12.6. The summed E-state index contributed by atoms with van der Waals surface area (Å²) in [4.78, 5) is 28.9. The fourth-order valence-electron chi connectivity index (χ4n) is 3.77. The van der Waals surface area contributed by atoms with Crippen molar-refractivity contribution in [2.45, 2.75) is 58.6 Å². The van der Waals surface area contributed by atoms with Crippen LogP contribution >= 0.6 is 0 Å². The first-order valence-corrected chi connectivity index (χ1v) is 12.0. The molecular formula is C27H39N3O4. The highest BCUT2D eigenvalue weighted by atomic mass is 16.6. The topological polar surface area (TPSA) is 71.1 Å². The number of ether oxygens (including phenoxy) is 2. The van der Waals surface area contributed by atoms with Gasteiger partial charge in [-0.15, -0.1) is 0 Å². The van der Waals surface area contributed by atoms with E-state index in [1.807, 2.05) is 57.2 Å². The molecule has 1 fully saturated rings. The lowest BCUT2D eigenvalue weighted by Gasteiger charge is -2.28. The van der Waals surface area contributed by atoms with Gasteiger partial charge < -0.3 is 24.6 Å². The molecule has 3 rings (SSSR count). The largest absolute Gasteiger partial charge is 0.494 e. The van der Waals surface area contributed by atoms with E-state index in [0.717, 1.165) is 49.5 Å². The van der Waals surface area contributed by atoms with Crippen LogP contribution in [0, 0.1) is 0 Å². The lowest BCUT2D eigenvalue weighted by Crippen LogP contribution is -2.42. The van der Waals surface area contributed by atoms with Gasteiger partial charge in [0.15, 0.2) is 0 Å². The van der Waals surface area contributed by atoms with E-state index in [0.29, 0.717) is 12.2 Å². The number of hydrogen-bond donors (Lipinski definition) is 1. The first-order valence-electron chi connectivity index (χ1n) is 12.0. The molecule has 1 heterocycles. The van der Waals surface area contributed by atoms with E-state index in [2.05, 4.69) is 17.1 Å². The van der Waals surface area contributed by atoms with Gasteiger partial charge in [-0.05, 0) is 82.1 Å². The van der Waals surface area contributed by atoms with Crippen molar-refractivity contribution < 1.29 is 20.5 Å². The van der Waals surface area contributed by atoms with Gasteiger partial charge in [0.05, 0.1) is 12.6 Å². The van der Waals surface area contributed by atoms with Gasteiger partial charge >= 0.3 is 6.09 Å². The van der Waals surface area contributed by atoms with E-state index in [1.165, 1.54) is 0 Å². The van der Waals surface area contributed by atoms with Crippen LogP contribution in [0.25, 0.3) is 0 Å². The van der Waals surface area contributed by atoms with Crippen LogP contribution in [0.4, 0.5) is 16.2 Å². The molecule has 1 aliphatic heterocycles. The Morgan fingerprint density at radius 1 is 1.12 bits per heavy atom. The number of amides is 2. The molecule has 2 aromatic carbocycles. The lowest BCUT2D eigenvalue weighted by molar-refractivity contribution is 0.0237. The van der Waals surface area contributed by atoms with Crippen molar-refractivity contribution in [2.75, 3.05) is 37.0 Å². The number of unbranched alkanes of at least 4 members (excludes halogenated alkanes) is 1. The number of nitrogens with one attached hydrogen (secondary N) is 1. The standard InChI is InChI=1S/C27H37N3O4.H2/c1-6-7-18-33-24-14-8-20(9-15-24)25(31)28-21-10-12-22(13-11-21)30-17-16-23(19-30)29(5)26(32)34-27(2,3)4;/h8-15,23H,6-7,16-19H2,1-5H3,(H,28,31);1H. The second-order valence-corrected chi connectivity index (χ2v) is 9.71. The molecule has 0 aromatic heterocycles. The summed E-state index contributed by atoms with van der Waals surface area (Å²) in [5.74, 6) is 0.615. The van der Waals surface area contributed by atoms with Crippen LogP contribution in [0.3, 0.4) is 0 Å². The summed E-state index contributed by atoms with van der Waals surface area (Å²) < 4.78 is 11.1. The van der Waals surface area contributed by atoms with E-state index < -0.39 is 5.60 Å². The zero-order valence-electron chi connectivity index (χ0n) is 21.0. The Hall–Kier alpha value is -3.22. The molecule has 0 saturated carbocycles. The highest BCUT2D eigenvalue weighted by Crippen LogP contribution is 2.25. The molecule has 1 N–H and O–H groups in total. The number of benzene rings is 2. The molecule has 186 valence electrons. The number of carbonyl (C=O) groups is 2. The van der Waals surface area contributed by atoms with E-state index in [-0.39, 0.29) is 19.5 Å². The molecule has 0 radical (unpaired) electrons. The summed E-state index contributed by atoms with van der Waals surface area (Å²) in [5.41, 5.74) is 1.87. The second kappa shape index (κ2) is 11.3. The molecule has 1 saturated heterocycles. The zero-order chi connectivity index (χ0) is 24.7. The second-order valence-electron chi connectivity index (χ2n) is 9.71. The van der Waals surface area contributed by atoms with Gasteiger partial charge in [-0.2, -0.15) is 0 Å². The molecule has 1 unspecified atom stereocenters. The maximum Gasteiger partial charge on any atom is 0.410 e. The number of carbonyl (C=O) groups excluding carboxylic acids is 2. The average molecular weight is 470 g/mol. The normalized spacial score (nSPS) is 15.7. The first kappa shape index (κ1) is 25.4. The molecule has 2 amide bonds. The quantitative estimate of drug-likeness (QED) is 0.494. The van der Waals surface area contributed by atoms with Crippen molar-refractivity contribution in [3.8, 4) is 5.75 Å². The minimum absolute atomic E-state index is 0. The third-order valence-corrected chi connectivity index (χ3v) is 5.77. The fourth-order valence-corrected chi connectivity index (χ4v) is 3.77. The summed E-state index contributed by atoms with van der Waals surface area (Å²) in [6.07, 6.45) is 2.68. The third kappa shape index (κ3) is 7.14. The molecule has 1 atom stereocenters. The number of hydrogen-bond acceptors (Lipinski definition) is 5. The highest BCUT2D eigenvalue weighted by molar-refractivity contribution is 6.04. The Bertz CT molecular complexity index is 958. The van der Waals surface area contributed by atoms with E-state index in [4.69, 9.17) is 9.47 Å². The van der Waals surface area contributed by atoms with Crippen LogP contribution < -0.4 is 15.0 Å². The first-order chi connectivity index (χ1) is 16.2. The lowest BCUT2D eigenvalue weighted by atomic mass is 10.2. The van der Waals surface area contributed by atoms with E-state index in [9.17, 15) is 9.59 Å². The van der Waals surface area contributed by atoms with Crippen LogP contribution in [-0.2, 0) is 4.74 Å². The minimum atomic E-state index is -0.506. The molecule has 0 spiro atoms. The van der Waals surface area contributed by atoms with Crippen LogP contribution in [0.2, 0.25) is 0 Å². The summed E-state index contributed by atoms with van der Waals surface area (Å²) in [6, 6.07) is 15.1. The zero-order valence-corrected chi connectivity index (χ0v) is 21.0. The predicted octanol–water partition coefficient (Wildman–Crippen LogP) is 5.81. The van der Waals surface area contributed by atoms with Crippen molar-refractivity contribution >= 4 is 23.4 Å². The molecule has 1 aliphatic rings. The van der Waals surface area contributed by atoms with Crippen molar-refractivity contribution in [1.82, 2.24) is 4.90 Å². The molecule has 7 nitrogen and oxygen atoms in total. The van der Waals surface area contributed by atoms with Crippen LogP contribution in [0.1, 0.15) is 58.7 Å². The SMILES string of the molecule is CCCCOc1ccc(C(=O)Nc2ccc(N3CCC(N(C)C(=O)OC(C)(C)C)C3)cc2)cc1.[HH]. The Balaban J connectivity index is 0.00000432. The van der Waals surface area contributed by atoms with Gasteiger partial charge in [0.25, 0.3) is 5.91 Å². The van der Waals surface area contributed by atoms with Crippen LogP contribution in [-0.4, -0.2) is 55.3 Å². The summed E-state index contributed by atoms with van der Waals surface area (Å²) in [6.45, 7) is 10.0. The van der Waals surface area contributed by atoms with Crippen molar-refractivity contribution in [3.05, 3.63) is 54.1 Å². The van der Waals surface area contributed by atoms with Crippen LogP contribution in [0.5, 0.6) is 5.75 Å². The predicted molar refractivity (Wildman–Crippen MR) is 138 cm³/mol. The molecule has 7 heteroatoms. The van der Waals surface area contributed by atoms with Crippen molar-refractivity contribution in [2.24, 2.45) is 0 Å². The monoisotopic (exact) mass is 469 g/mol. The van der Waals surface area contributed by atoms with Crippen molar-refractivity contribution in [3.63, 3.8) is 0 Å². The highest BCUT2D eigenvalue weighted by Gasteiger charge is 2.31. The Morgan fingerprint density at radius 2 is 1.79 bits per heavy atom. The van der Waals surface area contributed by atoms with Gasteiger partial charge in [0.1, 0.15) is 11.4 Å². The summed E-state index contributed by atoms with van der Waals surface area (Å²) >= 11 is 0. The van der Waals surface area contributed by atoms with Gasteiger partial charge in [0.2, 0.25) is 0 Å². The van der Waals surface area contributed by atoms with Crippen LogP contribution in [0.15, 0.2) is 48.5 Å². The molecule has 2 aromatic rings. The molecule has 34 heavy (non-hydrogen) atoms. The third-order valence-electron chi connectivity index (χ3n) is 5.77. The number of anilines is 2. The number of likely N-dealkylation sites (N-methyl/N-ethyl adjacent to an activating group) is 1. The molecule has 0 bridgehead atoms. The average Bonchev–Trinajstić information content (AvgIpc) is 3.29.